The Hall–Kier alpha value is -6.37. The molecule has 0 aliphatic carbocycles. The van der Waals surface area contributed by atoms with Crippen molar-refractivity contribution in [1.29, 1.82) is 0 Å². The van der Waals surface area contributed by atoms with E-state index in [1.165, 1.54) is 56.7 Å². The van der Waals surface area contributed by atoms with Gasteiger partial charge in [0.15, 0.2) is 12.1 Å². The molecule has 2 aromatic rings. The molecule has 77 heavy (non-hydrogen) atoms. The summed E-state index contributed by atoms with van der Waals surface area (Å²) in [5.74, 6) is -8.84. The van der Waals surface area contributed by atoms with Crippen molar-refractivity contribution in [3.8, 4) is 0 Å². The number of carbonyl (C=O) groups excluding carboxylic acids is 9. The van der Waals surface area contributed by atoms with Gasteiger partial charge in [-0.1, -0.05) is 130 Å². The van der Waals surface area contributed by atoms with E-state index in [1.807, 2.05) is 50.2 Å². The van der Waals surface area contributed by atoms with E-state index in [-0.39, 0.29) is 38.1 Å². The summed E-state index contributed by atoms with van der Waals surface area (Å²) in [6.07, 6.45) is -0.703. The van der Waals surface area contributed by atoms with E-state index in [1.54, 1.807) is 79.7 Å². The first-order chi connectivity index (χ1) is 35.9. The fraction of sp³-hybridized carbons (Fsp3) is 0.638. The highest BCUT2D eigenvalue weighted by molar-refractivity contribution is 5.99. The van der Waals surface area contributed by atoms with E-state index in [4.69, 9.17) is 4.74 Å². The number of rotatable bonds is 11. The third-order valence-electron chi connectivity index (χ3n) is 14.7. The monoisotopic (exact) mass is 1070 g/mol. The zero-order chi connectivity index (χ0) is 58.0. The van der Waals surface area contributed by atoms with Gasteiger partial charge in [-0.3, -0.25) is 38.4 Å². The SMILES string of the molecule is CC(C)C[C@@H]1NC(=O)[C@H](C(C)C)N(C)C(=O)[C@H](C(C)C)NC(=O)[C@@H]2CCCN2C(=O)[C@H](Cc2ccccc2)N(C)C(=O)[C@H](Cc2ccccc2)NC(=O)[C@H](C(C)C)N(C)C(=O)[C@@H](C(C)C)OC(=O)[C@H](C(C)(C)O)N(C)C1=O. The first kappa shape index (κ1) is 63.2. The minimum Gasteiger partial charge on any atom is -0.450 e. The van der Waals surface area contributed by atoms with Crippen LogP contribution < -0.4 is 16.0 Å². The maximum absolute atomic E-state index is 15.2. The number of hydrogen-bond donors (Lipinski definition) is 4. The predicted octanol–water partition coefficient (Wildman–Crippen LogP) is 3.59. The number of aliphatic hydroxyl groups is 1. The van der Waals surface area contributed by atoms with Crippen LogP contribution in [0.1, 0.15) is 113 Å². The van der Waals surface area contributed by atoms with Crippen LogP contribution in [0.25, 0.3) is 0 Å². The zero-order valence-electron chi connectivity index (χ0n) is 48.4. The highest BCUT2D eigenvalue weighted by atomic mass is 16.6. The number of esters is 1. The van der Waals surface area contributed by atoms with Crippen molar-refractivity contribution < 1.29 is 53.0 Å². The van der Waals surface area contributed by atoms with Crippen molar-refractivity contribution in [2.75, 3.05) is 34.7 Å². The molecule has 0 saturated carbocycles. The van der Waals surface area contributed by atoms with Crippen molar-refractivity contribution in [3.05, 3.63) is 71.8 Å². The van der Waals surface area contributed by atoms with Gasteiger partial charge in [-0.05, 0) is 73.8 Å². The highest BCUT2D eigenvalue weighted by Crippen LogP contribution is 2.26. The molecule has 2 aliphatic rings. The van der Waals surface area contributed by atoms with Gasteiger partial charge in [0, 0.05) is 47.6 Å². The van der Waals surface area contributed by atoms with Crippen LogP contribution in [0, 0.1) is 29.6 Å². The van der Waals surface area contributed by atoms with Gasteiger partial charge in [-0.15, -0.1) is 0 Å². The Labute approximate surface area is 456 Å². The Morgan fingerprint density at radius 2 is 1.04 bits per heavy atom. The minimum atomic E-state index is -1.97. The number of ether oxygens (including phenoxy) is 1. The predicted molar refractivity (Wildman–Crippen MR) is 292 cm³/mol. The molecule has 426 valence electrons. The molecule has 2 heterocycles. The molecule has 0 unspecified atom stereocenters. The average Bonchev–Trinajstić information content (AvgIpc) is 3.85. The van der Waals surface area contributed by atoms with Crippen molar-refractivity contribution in [3.63, 3.8) is 0 Å². The third kappa shape index (κ3) is 15.9. The molecule has 19 heteroatoms. The van der Waals surface area contributed by atoms with Crippen LogP contribution in [0.15, 0.2) is 60.7 Å². The second-order valence-corrected chi connectivity index (χ2v) is 23.4. The fourth-order valence-electron chi connectivity index (χ4n) is 10.6. The van der Waals surface area contributed by atoms with Gasteiger partial charge in [0.25, 0.3) is 5.91 Å². The molecule has 9 atom stereocenters. The lowest BCUT2D eigenvalue weighted by atomic mass is 9.94. The van der Waals surface area contributed by atoms with Crippen molar-refractivity contribution in [1.82, 2.24) is 40.4 Å². The molecule has 2 saturated heterocycles. The van der Waals surface area contributed by atoms with E-state index in [9.17, 15) is 38.7 Å². The summed E-state index contributed by atoms with van der Waals surface area (Å²) < 4.78 is 5.99. The maximum atomic E-state index is 15.2. The summed E-state index contributed by atoms with van der Waals surface area (Å²) >= 11 is 0. The Kier molecular flexibility index (Phi) is 22.4. The van der Waals surface area contributed by atoms with Crippen molar-refractivity contribution >= 4 is 53.2 Å². The summed E-state index contributed by atoms with van der Waals surface area (Å²) in [5.41, 5.74) is -0.555. The fourth-order valence-corrected chi connectivity index (χ4v) is 10.6. The molecule has 2 fully saturated rings. The largest absolute Gasteiger partial charge is 0.450 e. The number of fused-ring (bicyclic) bond motifs is 1. The summed E-state index contributed by atoms with van der Waals surface area (Å²) in [5, 5.41) is 20.3. The van der Waals surface area contributed by atoms with E-state index < -0.39 is 137 Å². The lowest BCUT2D eigenvalue weighted by Gasteiger charge is -2.39. The third-order valence-corrected chi connectivity index (χ3v) is 14.7. The molecule has 4 N–H and O–H groups in total. The summed E-state index contributed by atoms with van der Waals surface area (Å²) in [6.45, 7) is 20.2. The molecule has 2 aliphatic heterocycles. The van der Waals surface area contributed by atoms with Gasteiger partial charge in [0.1, 0.15) is 42.3 Å². The number of carbonyl (C=O) groups is 9. The van der Waals surface area contributed by atoms with Gasteiger partial charge in [0.05, 0.1) is 5.60 Å². The van der Waals surface area contributed by atoms with Crippen LogP contribution in [0.3, 0.4) is 0 Å². The number of nitrogens with zero attached hydrogens (tertiary/aromatic N) is 5. The highest BCUT2D eigenvalue weighted by Gasteiger charge is 2.47. The van der Waals surface area contributed by atoms with Crippen molar-refractivity contribution in [2.45, 2.75) is 175 Å². The van der Waals surface area contributed by atoms with Gasteiger partial charge in [-0.25, -0.2) is 4.79 Å². The molecule has 2 aromatic carbocycles. The second-order valence-electron chi connectivity index (χ2n) is 23.4. The quantitative estimate of drug-likeness (QED) is 0.238. The molecular formula is C58H88N8O11. The molecule has 19 nitrogen and oxygen atoms in total. The summed E-state index contributed by atoms with van der Waals surface area (Å²) in [6, 6.07) is 8.05. The zero-order valence-corrected chi connectivity index (χ0v) is 48.4. The molecule has 0 bridgehead atoms. The lowest BCUT2D eigenvalue weighted by Crippen LogP contribution is -2.63. The summed E-state index contributed by atoms with van der Waals surface area (Å²) in [4.78, 5) is 139. The minimum absolute atomic E-state index is 0.00804. The standard InChI is InChI=1S/C58H88N8O11/c1-33(2)30-40-53(71)65(16)48(58(11,12)76)57(75)77-47(37(9)10)56(74)64(15)46(36(7)8)51(69)60-41(31-38-24-19-17-20-25-38)52(70)62(13)43(32-39-26-21-18-22-27-39)54(72)66-29-23-28-42(66)49(67)61-44(34(3)4)55(73)63(14)45(35(5)6)50(68)59-40/h17-22,24-27,33-37,40-48,76H,23,28-32H2,1-16H3,(H,59,68)(H,60,69)(H,61,67)/t40-,41-,42-,43-,44-,45-,46-,47+,48+/m0/s1. The Morgan fingerprint density at radius 3 is 1.51 bits per heavy atom. The number of benzene rings is 2. The smallest absolute Gasteiger partial charge is 0.332 e. The van der Waals surface area contributed by atoms with Crippen LogP contribution in [-0.2, 0) is 60.7 Å². The van der Waals surface area contributed by atoms with Crippen LogP contribution in [0.5, 0.6) is 0 Å². The molecule has 0 radical (unpaired) electrons. The average molecular weight is 1070 g/mol. The van der Waals surface area contributed by atoms with E-state index >= 15 is 9.59 Å². The Balaban J connectivity index is 1.95. The second kappa shape index (κ2) is 27.3. The lowest BCUT2D eigenvalue weighted by molar-refractivity contribution is -0.177. The van der Waals surface area contributed by atoms with Crippen LogP contribution >= 0.6 is 0 Å². The number of hydrogen-bond acceptors (Lipinski definition) is 11. The van der Waals surface area contributed by atoms with Crippen LogP contribution in [0.4, 0.5) is 0 Å². The van der Waals surface area contributed by atoms with Gasteiger partial charge in [0.2, 0.25) is 41.4 Å². The van der Waals surface area contributed by atoms with E-state index in [0.717, 1.165) is 15.4 Å². The first-order valence-corrected chi connectivity index (χ1v) is 27.2. The normalized spacial score (nSPS) is 26.2. The molecule has 4 rings (SSSR count). The van der Waals surface area contributed by atoms with Crippen LogP contribution in [0.2, 0.25) is 0 Å². The molecule has 0 aromatic heterocycles. The topological polar surface area (TPSA) is 235 Å². The van der Waals surface area contributed by atoms with Gasteiger partial charge >= 0.3 is 5.97 Å². The number of cyclic esters (lactones) is 1. The number of nitrogens with one attached hydrogen (secondary N) is 3. The van der Waals surface area contributed by atoms with Crippen molar-refractivity contribution in [2.24, 2.45) is 29.6 Å². The van der Waals surface area contributed by atoms with Gasteiger partial charge in [-0.2, -0.15) is 0 Å². The molecular weight excluding hydrogens is 985 g/mol. The van der Waals surface area contributed by atoms with E-state index in [2.05, 4.69) is 16.0 Å². The summed E-state index contributed by atoms with van der Waals surface area (Å²) in [7, 11) is 5.62. The molecule has 8 amide bonds. The Bertz CT molecular complexity index is 2390. The number of amides is 8. The first-order valence-electron chi connectivity index (χ1n) is 27.2. The molecule has 0 spiro atoms. The maximum Gasteiger partial charge on any atom is 0.332 e. The number of likely N-dealkylation sites (N-methyl/N-ethyl adjacent to an activating group) is 4. The Morgan fingerprint density at radius 1 is 0.558 bits per heavy atom. The van der Waals surface area contributed by atoms with E-state index in [0.29, 0.717) is 12.0 Å². The van der Waals surface area contributed by atoms with Crippen LogP contribution in [-0.4, -0.2) is 178 Å². The van der Waals surface area contributed by atoms with Gasteiger partial charge < -0.3 is 50.3 Å².